The molecule has 2 amide bonds. The number of hydrogen-bond donors (Lipinski definition) is 1. The summed E-state index contributed by atoms with van der Waals surface area (Å²) in [5.41, 5.74) is 6.29. The molecule has 0 unspecified atom stereocenters. The first-order valence-corrected chi connectivity index (χ1v) is 8.19. The van der Waals surface area contributed by atoms with Crippen LogP contribution < -0.4 is 10.5 Å². The zero-order chi connectivity index (χ0) is 19.8. The largest absolute Gasteiger partial charge is 0.489 e. The first-order chi connectivity index (χ1) is 12.7. The Bertz CT molecular complexity index is 879. The molecule has 8 heteroatoms. The summed E-state index contributed by atoms with van der Waals surface area (Å²) in [4.78, 5) is 25.2. The fraction of sp³-hybridized carbons (Fsp3) is 0.263. The van der Waals surface area contributed by atoms with Crippen LogP contribution in [0.4, 0.5) is 13.2 Å². The summed E-state index contributed by atoms with van der Waals surface area (Å²) in [6.07, 6.45) is -4.38. The summed E-state index contributed by atoms with van der Waals surface area (Å²) < 4.78 is 43.3. The Morgan fingerprint density at radius 2 is 1.89 bits per heavy atom. The van der Waals surface area contributed by atoms with Crippen LogP contribution in [-0.4, -0.2) is 22.8 Å². The third kappa shape index (κ3) is 3.89. The average molecular weight is 378 g/mol. The molecule has 1 atom stereocenters. The number of nitrogens with zero attached hydrogens (tertiary/aromatic N) is 1. The van der Waals surface area contributed by atoms with Gasteiger partial charge < -0.3 is 15.4 Å². The summed E-state index contributed by atoms with van der Waals surface area (Å²) in [5.74, 6) is -0.484. The van der Waals surface area contributed by atoms with Crippen molar-refractivity contribution in [3.8, 4) is 5.75 Å². The lowest BCUT2D eigenvalue weighted by atomic mass is 10.1. The SMILES string of the molecule is C[C@H](C(N)=O)N1Cc2ccc(OCc3ccc(C(F)(F)F)cc3)cc2C1=O. The molecule has 27 heavy (non-hydrogen) atoms. The fourth-order valence-electron chi connectivity index (χ4n) is 2.82. The van der Waals surface area contributed by atoms with E-state index < -0.39 is 23.7 Å². The van der Waals surface area contributed by atoms with Crippen molar-refractivity contribution in [1.29, 1.82) is 0 Å². The van der Waals surface area contributed by atoms with Crippen molar-refractivity contribution in [2.75, 3.05) is 0 Å². The van der Waals surface area contributed by atoms with Crippen molar-refractivity contribution in [3.63, 3.8) is 0 Å². The zero-order valence-corrected chi connectivity index (χ0v) is 14.4. The number of fused-ring (bicyclic) bond motifs is 1. The van der Waals surface area contributed by atoms with Crippen molar-refractivity contribution in [2.24, 2.45) is 5.73 Å². The number of primary amides is 1. The van der Waals surface area contributed by atoms with Gasteiger partial charge in [0.2, 0.25) is 5.91 Å². The summed E-state index contributed by atoms with van der Waals surface area (Å²) in [5, 5.41) is 0. The van der Waals surface area contributed by atoms with Gasteiger partial charge in [-0.25, -0.2) is 0 Å². The first kappa shape index (κ1) is 18.8. The van der Waals surface area contributed by atoms with Gasteiger partial charge in [0.25, 0.3) is 5.91 Å². The Kier molecular flexibility index (Phi) is 4.82. The van der Waals surface area contributed by atoms with Gasteiger partial charge in [0.05, 0.1) is 5.56 Å². The summed E-state index contributed by atoms with van der Waals surface area (Å²) in [6.45, 7) is 1.91. The van der Waals surface area contributed by atoms with Crippen molar-refractivity contribution in [2.45, 2.75) is 32.3 Å². The molecule has 0 fully saturated rings. The normalized spacial score (nSPS) is 14.8. The van der Waals surface area contributed by atoms with E-state index in [0.717, 1.165) is 17.7 Å². The summed E-state index contributed by atoms with van der Waals surface area (Å²) >= 11 is 0. The molecular formula is C19H17F3N2O3. The van der Waals surface area contributed by atoms with E-state index in [1.54, 1.807) is 25.1 Å². The number of hydrogen-bond acceptors (Lipinski definition) is 3. The van der Waals surface area contributed by atoms with E-state index in [1.165, 1.54) is 17.0 Å². The predicted octanol–water partition coefficient (Wildman–Crippen LogP) is 3.11. The lowest BCUT2D eigenvalue weighted by Gasteiger charge is -2.20. The van der Waals surface area contributed by atoms with Crippen molar-refractivity contribution in [1.82, 2.24) is 4.90 Å². The van der Waals surface area contributed by atoms with E-state index in [2.05, 4.69) is 0 Å². The van der Waals surface area contributed by atoms with Gasteiger partial charge in [-0.05, 0) is 42.3 Å². The number of nitrogens with two attached hydrogens (primary N) is 1. The van der Waals surface area contributed by atoms with Crippen LogP contribution in [0.2, 0.25) is 0 Å². The van der Waals surface area contributed by atoms with Gasteiger partial charge in [-0.2, -0.15) is 13.2 Å². The van der Waals surface area contributed by atoms with Crippen molar-refractivity contribution >= 4 is 11.8 Å². The monoisotopic (exact) mass is 378 g/mol. The quantitative estimate of drug-likeness (QED) is 0.869. The van der Waals surface area contributed by atoms with Crippen molar-refractivity contribution in [3.05, 3.63) is 64.7 Å². The number of carbonyl (C=O) groups excluding carboxylic acids is 2. The van der Waals surface area contributed by atoms with Crippen LogP contribution in [0.25, 0.3) is 0 Å². The van der Waals surface area contributed by atoms with E-state index in [9.17, 15) is 22.8 Å². The highest BCUT2D eigenvalue weighted by Crippen LogP contribution is 2.30. The van der Waals surface area contributed by atoms with E-state index in [1.807, 2.05) is 0 Å². The zero-order valence-electron chi connectivity index (χ0n) is 14.4. The third-order valence-corrected chi connectivity index (χ3v) is 4.48. The molecule has 3 rings (SSSR count). The predicted molar refractivity (Wildman–Crippen MR) is 90.7 cm³/mol. The number of rotatable bonds is 5. The molecule has 1 heterocycles. The Balaban J connectivity index is 1.69. The molecule has 1 aliphatic rings. The van der Waals surface area contributed by atoms with Crippen LogP contribution in [0.15, 0.2) is 42.5 Å². The van der Waals surface area contributed by atoms with Crippen LogP contribution in [0.1, 0.15) is 34.0 Å². The molecule has 0 radical (unpaired) electrons. The first-order valence-electron chi connectivity index (χ1n) is 8.19. The Labute approximate surface area is 153 Å². The maximum Gasteiger partial charge on any atom is 0.416 e. The smallest absolute Gasteiger partial charge is 0.416 e. The minimum absolute atomic E-state index is 0.0620. The van der Waals surface area contributed by atoms with Gasteiger partial charge in [0.1, 0.15) is 18.4 Å². The molecule has 142 valence electrons. The number of ether oxygens (including phenoxy) is 1. The van der Waals surface area contributed by atoms with E-state index in [0.29, 0.717) is 16.9 Å². The lowest BCUT2D eigenvalue weighted by Crippen LogP contribution is -2.42. The minimum Gasteiger partial charge on any atom is -0.489 e. The second-order valence-corrected chi connectivity index (χ2v) is 6.31. The van der Waals surface area contributed by atoms with Crippen LogP contribution in [0.3, 0.4) is 0 Å². The van der Waals surface area contributed by atoms with E-state index >= 15 is 0 Å². The number of amides is 2. The Morgan fingerprint density at radius 3 is 2.48 bits per heavy atom. The van der Waals surface area contributed by atoms with Gasteiger partial charge >= 0.3 is 6.18 Å². The minimum atomic E-state index is -4.38. The van der Waals surface area contributed by atoms with Crippen LogP contribution in [0.5, 0.6) is 5.75 Å². The molecular weight excluding hydrogens is 361 g/mol. The molecule has 0 aromatic heterocycles. The van der Waals surface area contributed by atoms with Gasteiger partial charge in [-0.15, -0.1) is 0 Å². The molecule has 0 bridgehead atoms. The third-order valence-electron chi connectivity index (χ3n) is 4.48. The Hall–Kier alpha value is -3.03. The fourth-order valence-corrected chi connectivity index (χ4v) is 2.82. The second-order valence-electron chi connectivity index (χ2n) is 6.31. The standard InChI is InChI=1S/C19H17F3N2O3/c1-11(17(23)25)24-9-13-4-7-15(8-16(13)18(24)26)27-10-12-2-5-14(6-3-12)19(20,21)22/h2-8,11H,9-10H2,1H3,(H2,23,25)/t11-/m1/s1. The topological polar surface area (TPSA) is 72.6 Å². The highest BCUT2D eigenvalue weighted by Gasteiger charge is 2.33. The molecule has 2 aromatic carbocycles. The molecule has 0 saturated carbocycles. The van der Waals surface area contributed by atoms with Gasteiger partial charge in [-0.1, -0.05) is 18.2 Å². The molecule has 2 N–H and O–H groups in total. The summed E-state index contributed by atoms with van der Waals surface area (Å²) in [7, 11) is 0. The number of carbonyl (C=O) groups is 2. The van der Waals surface area contributed by atoms with Gasteiger partial charge in [-0.3, -0.25) is 9.59 Å². The van der Waals surface area contributed by atoms with E-state index in [-0.39, 0.29) is 19.1 Å². The molecule has 1 aliphatic heterocycles. The van der Waals surface area contributed by atoms with Gasteiger partial charge in [0.15, 0.2) is 0 Å². The average Bonchev–Trinajstić information content (AvgIpc) is 2.95. The summed E-state index contributed by atoms with van der Waals surface area (Å²) in [6, 6.07) is 8.92. The molecule has 5 nitrogen and oxygen atoms in total. The van der Waals surface area contributed by atoms with Gasteiger partial charge in [0, 0.05) is 12.1 Å². The number of halogens is 3. The van der Waals surface area contributed by atoms with E-state index in [4.69, 9.17) is 10.5 Å². The number of benzene rings is 2. The maximum absolute atomic E-state index is 12.6. The van der Waals surface area contributed by atoms with Crippen LogP contribution >= 0.6 is 0 Å². The molecule has 0 aliphatic carbocycles. The van der Waals surface area contributed by atoms with Crippen LogP contribution in [-0.2, 0) is 24.1 Å². The molecule has 2 aromatic rings. The molecule has 0 spiro atoms. The lowest BCUT2D eigenvalue weighted by molar-refractivity contribution is -0.137. The van der Waals surface area contributed by atoms with Crippen molar-refractivity contribution < 1.29 is 27.5 Å². The van der Waals surface area contributed by atoms with Crippen LogP contribution in [0, 0.1) is 0 Å². The Morgan fingerprint density at radius 1 is 1.22 bits per heavy atom. The maximum atomic E-state index is 12.6. The highest BCUT2D eigenvalue weighted by molar-refractivity contribution is 6.01. The molecule has 0 saturated heterocycles. The second kappa shape index (κ2) is 6.94. The number of alkyl halides is 3. The highest BCUT2D eigenvalue weighted by atomic mass is 19.4.